The first-order valence-corrected chi connectivity index (χ1v) is 7.52. The molecule has 0 aliphatic rings. The van der Waals surface area contributed by atoms with Crippen LogP contribution in [0.3, 0.4) is 0 Å². The average molecular weight is 372 g/mol. The predicted octanol–water partition coefficient (Wildman–Crippen LogP) is 4.23. The molecule has 0 saturated carbocycles. The van der Waals surface area contributed by atoms with Gasteiger partial charge >= 0.3 is 0 Å². The van der Waals surface area contributed by atoms with Crippen LogP contribution in [0.1, 0.15) is 21.5 Å². The second kappa shape index (κ2) is 7.61. The molecular formula is C18H14BrNO3. The second-order valence-corrected chi connectivity index (χ2v) is 5.47. The van der Waals surface area contributed by atoms with Crippen LogP contribution in [0.5, 0.6) is 11.5 Å². The summed E-state index contributed by atoms with van der Waals surface area (Å²) in [5.74, 6) is 1.00. The first-order chi connectivity index (χ1) is 11.1. The molecule has 0 spiro atoms. The van der Waals surface area contributed by atoms with Crippen molar-refractivity contribution < 1.29 is 14.3 Å². The largest absolute Gasteiger partial charge is 0.493 e. The van der Waals surface area contributed by atoms with Crippen LogP contribution in [0.15, 0.2) is 46.9 Å². The second-order valence-electron chi connectivity index (χ2n) is 4.62. The molecule has 116 valence electrons. The summed E-state index contributed by atoms with van der Waals surface area (Å²) in [5, 5.41) is 8.88. The van der Waals surface area contributed by atoms with Gasteiger partial charge in [0.25, 0.3) is 0 Å². The summed E-state index contributed by atoms with van der Waals surface area (Å²) in [7, 11) is 3.11. The van der Waals surface area contributed by atoms with Crippen molar-refractivity contribution in [2.24, 2.45) is 0 Å². The van der Waals surface area contributed by atoms with Gasteiger partial charge in [0.05, 0.1) is 25.9 Å². The lowest BCUT2D eigenvalue weighted by atomic mass is 10.1. The van der Waals surface area contributed by atoms with E-state index >= 15 is 0 Å². The summed E-state index contributed by atoms with van der Waals surface area (Å²) >= 11 is 3.44. The molecule has 2 aromatic rings. The summed E-state index contributed by atoms with van der Waals surface area (Å²) in [5.41, 5.74) is 1.71. The Hall–Kier alpha value is -2.58. The fourth-order valence-electron chi connectivity index (χ4n) is 2.00. The quantitative estimate of drug-likeness (QED) is 0.582. The average Bonchev–Trinajstić information content (AvgIpc) is 2.60. The lowest BCUT2D eigenvalue weighted by molar-refractivity contribution is 0.104. The van der Waals surface area contributed by atoms with Crippen molar-refractivity contribution in [2.45, 2.75) is 0 Å². The number of allylic oxidation sites excluding steroid dienone is 1. The first-order valence-electron chi connectivity index (χ1n) is 6.73. The van der Waals surface area contributed by atoms with Gasteiger partial charge in [0.15, 0.2) is 17.3 Å². The molecule has 2 aromatic carbocycles. The highest BCUT2D eigenvalue weighted by Crippen LogP contribution is 2.33. The molecule has 5 heteroatoms. The number of hydrogen-bond acceptors (Lipinski definition) is 4. The van der Waals surface area contributed by atoms with Crippen molar-refractivity contribution in [1.82, 2.24) is 0 Å². The molecule has 2 rings (SSSR count). The lowest BCUT2D eigenvalue weighted by Crippen LogP contribution is -1.95. The van der Waals surface area contributed by atoms with Gasteiger partial charge in [-0.1, -0.05) is 28.1 Å². The summed E-state index contributed by atoms with van der Waals surface area (Å²) in [4.78, 5) is 12.2. The predicted molar refractivity (Wildman–Crippen MR) is 91.8 cm³/mol. The maximum Gasteiger partial charge on any atom is 0.185 e. The van der Waals surface area contributed by atoms with E-state index in [9.17, 15) is 4.79 Å². The number of nitrogens with zero attached hydrogens (tertiary/aromatic N) is 1. The van der Waals surface area contributed by atoms with Crippen LogP contribution in [0, 0.1) is 11.3 Å². The molecular weight excluding hydrogens is 358 g/mol. The monoisotopic (exact) mass is 371 g/mol. The zero-order valence-electron chi connectivity index (χ0n) is 12.7. The maximum atomic E-state index is 12.2. The Bertz CT molecular complexity index is 806. The molecule has 0 heterocycles. The maximum absolute atomic E-state index is 12.2. The van der Waals surface area contributed by atoms with E-state index in [4.69, 9.17) is 14.7 Å². The number of ketones is 1. The van der Waals surface area contributed by atoms with Crippen LogP contribution in [-0.4, -0.2) is 20.0 Å². The molecule has 0 unspecified atom stereocenters. The van der Waals surface area contributed by atoms with Gasteiger partial charge in [0.2, 0.25) is 0 Å². The summed E-state index contributed by atoms with van der Waals surface area (Å²) < 4.78 is 11.3. The minimum absolute atomic E-state index is 0.177. The van der Waals surface area contributed by atoms with E-state index in [1.54, 1.807) is 56.7 Å². The van der Waals surface area contributed by atoms with Crippen LogP contribution < -0.4 is 9.47 Å². The SMILES string of the molecule is COc1cc(Br)c(/C=C/C(=O)c2cccc(C#N)c2)cc1OC. The van der Waals surface area contributed by atoms with Gasteiger partial charge in [0.1, 0.15) is 0 Å². The number of benzene rings is 2. The summed E-state index contributed by atoms with van der Waals surface area (Å²) in [6, 6.07) is 12.2. The number of ether oxygens (including phenoxy) is 2. The third-order valence-corrected chi connectivity index (χ3v) is 3.88. The lowest BCUT2D eigenvalue weighted by Gasteiger charge is -2.09. The third-order valence-electron chi connectivity index (χ3n) is 3.19. The van der Waals surface area contributed by atoms with Gasteiger partial charge in [-0.15, -0.1) is 0 Å². The number of carbonyl (C=O) groups excluding carboxylic acids is 1. The fraction of sp³-hybridized carbons (Fsp3) is 0.111. The Balaban J connectivity index is 2.29. The van der Waals surface area contributed by atoms with Crippen molar-refractivity contribution in [3.05, 3.63) is 63.6 Å². The van der Waals surface area contributed by atoms with Crippen LogP contribution >= 0.6 is 15.9 Å². The first kappa shape index (κ1) is 16.8. The van der Waals surface area contributed by atoms with Gasteiger partial charge in [0, 0.05) is 10.0 Å². The van der Waals surface area contributed by atoms with Crippen molar-refractivity contribution in [3.63, 3.8) is 0 Å². The van der Waals surface area contributed by atoms with Gasteiger partial charge in [-0.2, -0.15) is 5.26 Å². The van der Waals surface area contributed by atoms with Crippen molar-refractivity contribution in [2.75, 3.05) is 14.2 Å². The third kappa shape index (κ3) is 3.99. The Morgan fingerprint density at radius 3 is 2.52 bits per heavy atom. The standard InChI is InChI=1S/C18H14BrNO3/c1-22-17-9-13(15(19)10-18(17)23-2)6-7-16(21)14-5-3-4-12(8-14)11-20/h3-10H,1-2H3/b7-6+. The van der Waals surface area contributed by atoms with E-state index in [-0.39, 0.29) is 5.78 Å². The van der Waals surface area contributed by atoms with Crippen LogP contribution in [0.2, 0.25) is 0 Å². The minimum Gasteiger partial charge on any atom is -0.493 e. The van der Waals surface area contributed by atoms with Gasteiger partial charge in [-0.3, -0.25) is 4.79 Å². The molecule has 0 atom stereocenters. The van der Waals surface area contributed by atoms with Crippen molar-refractivity contribution >= 4 is 27.8 Å². The molecule has 0 amide bonds. The highest BCUT2D eigenvalue weighted by Gasteiger charge is 2.09. The zero-order chi connectivity index (χ0) is 16.8. The van der Waals surface area contributed by atoms with E-state index in [0.717, 1.165) is 10.0 Å². The number of nitriles is 1. The Morgan fingerprint density at radius 1 is 1.17 bits per heavy atom. The van der Waals surface area contributed by atoms with Gasteiger partial charge in [-0.05, 0) is 42.0 Å². The number of carbonyl (C=O) groups is 1. The Labute approximate surface area is 143 Å². The number of rotatable bonds is 5. The summed E-state index contributed by atoms with van der Waals surface area (Å²) in [6.07, 6.45) is 3.15. The number of halogens is 1. The van der Waals surface area contributed by atoms with Gasteiger partial charge < -0.3 is 9.47 Å². The van der Waals surface area contributed by atoms with Crippen molar-refractivity contribution in [1.29, 1.82) is 5.26 Å². The Kier molecular flexibility index (Phi) is 5.56. The normalized spacial score (nSPS) is 10.3. The molecule has 0 aliphatic carbocycles. The number of methoxy groups -OCH3 is 2. The van der Waals surface area contributed by atoms with E-state index in [1.807, 2.05) is 6.07 Å². The summed E-state index contributed by atoms with van der Waals surface area (Å²) in [6.45, 7) is 0. The Morgan fingerprint density at radius 2 is 1.87 bits per heavy atom. The smallest absolute Gasteiger partial charge is 0.185 e. The fourth-order valence-corrected chi connectivity index (χ4v) is 2.46. The highest BCUT2D eigenvalue weighted by atomic mass is 79.9. The zero-order valence-corrected chi connectivity index (χ0v) is 14.3. The molecule has 0 fully saturated rings. The van der Waals surface area contributed by atoms with Crippen LogP contribution in [0.25, 0.3) is 6.08 Å². The van der Waals surface area contributed by atoms with Crippen LogP contribution in [0.4, 0.5) is 0 Å². The molecule has 0 N–H and O–H groups in total. The molecule has 0 aromatic heterocycles. The van der Waals surface area contributed by atoms with E-state index < -0.39 is 0 Å². The van der Waals surface area contributed by atoms with E-state index in [2.05, 4.69) is 15.9 Å². The molecule has 0 bridgehead atoms. The topological polar surface area (TPSA) is 59.3 Å². The minimum atomic E-state index is -0.177. The van der Waals surface area contributed by atoms with E-state index in [0.29, 0.717) is 22.6 Å². The van der Waals surface area contributed by atoms with Gasteiger partial charge in [-0.25, -0.2) is 0 Å². The van der Waals surface area contributed by atoms with E-state index in [1.165, 1.54) is 6.08 Å². The molecule has 4 nitrogen and oxygen atoms in total. The number of hydrogen-bond donors (Lipinski definition) is 0. The molecule has 23 heavy (non-hydrogen) atoms. The van der Waals surface area contributed by atoms with Crippen LogP contribution in [-0.2, 0) is 0 Å². The molecule has 0 radical (unpaired) electrons. The highest BCUT2D eigenvalue weighted by molar-refractivity contribution is 9.10. The van der Waals surface area contributed by atoms with Crippen molar-refractivity contribution in [3.8, 4) is 17.6 Å². The molecule has 0 aliphatic heterocycles. The molecule has 0 saturated heterocycles.